The molecule has 1 aliphatic rings. The second-order valence-electron chi connectivity index (χ2n) is 8.47. The van der Waals surface area contributed by atoms with E-state index in [0.717, 1.165) is 41.3 Å². The summed E-state index contributed by atoms with van der Waals surface area (Å²) in [4.78, 5) is 28.1. The topological polar surface area (TPSA) is 58.6 Å². The largest absolute Gasteiger partial charge is 0.484 e. The number of hydrogen-bond donors (Lipinski definition) is 1. The van der Waals surface area contributed by atoms with Crippen molar-refractivity contribution in [1.29, 1.82) is 0 Å². The molecule has 6 heteroatoms. The summed E-state index contributed by atoms with van der Waals surface area (Å²) in [5, 5.41) is 3.20. The second kappa shape index (κ2) is 12.0. The summed E-state index contributed by atoms with van der Waals surface area (Å²) in [5.41, 5.74) is 2.03. The van der Waals surface area contributed by atoms with Gasteiger partial charge < -0.3 is 15.0 Å². The van der Waals surface area contributed by atoms with E-state index in [1.165, 1.54) is 6.42 Å². The normalized spacial score (nSPS) is 15.1. The van der Waals surface area contributed by atoms with Crippen LogP contribution in [0.5, 0.6) is 5.75 Å². The summed E-state index contributed by atoms with van der Waals surface area (Å²) < 4.78 is 6.80. The molecule has 1 atom stereocenters. The zero-order valence-corrected chi connectivity index (χ0v) is 20.6. The van der Waals surface area contributed by atoms with Crippen LogP contribution in [-0.2, 0) is 16.1 Å². The summed E-state index contributed by atoms with van der Waals surface area (Å²) in [7, 11) is 0. The van der Waals surface area contributed by atoms with Crippen molar-refractivity contribution >= 4 is 27.7 Å². The molecule has 0 spiro atoms. The van der Waals surface area contributed by atoms with Crippen molar-refractivity contribution in [1.82, 2.24) is 10.2 Å². The van der Waals surface area contributed by atoms with Gasteiger partial charge in [-0.05, 0) is 55.5 Å². The van der Waals surface area contributed by atoms with Crippen LogP contribution in [-0.4, -0.2) is 35.4 Å². The molecule has 1 N–H and O–H groups in total. The maximum Gasteiger partial charge on any atom is 0.261 e. The highest BCUT2D eigenvalue weighted by Gasteiger charge is 2.30. The molecule has 1 unspecified atom stereocenters. The quantitative estimate of drug-likeness (QED) is 0.501. The molecule has 3 rings (SSSR count). The van der Waals surface area contributed by atoms with E-state index in [0.29, 0.717) is 18.7 Å². The molecule has 0 saturated heterocycles. The number of nitrogens with one attached hydrogen (secondary N) is 1. The lowest BCUT2D eigenvalue weighted by atomic mass is 9.95. The fraction of sp³-hybridized carbons (Fsp3) is 0.462. The van der Waals surface area contributed by atoms with Crippen molar-refractivity contribution in [3.63, 3.8) is 0 Å². The Hall–Kier alpha value is -2.34. The molecule has 2 amide bonds. The summed E-state index contributed by atoms with van der Waals surface area (Å²) in [6.45, 7) is 4.19. The van der Waals surface area contributed by atoms with Crippen LogP contribution < -0.4 is 10.1 Å². The minimum absolute atomic E-state index is 0.0665. The molecule has 2 aromatic rings. The van der Waals surface area contributed by atoms with Crippen molar-refractivity contribution in [3.8, 4) is 5.75 Å². The zero-order valence-electron chi connectivity index (χ0n) is 19.0. The van der Waals surface area contributed by atoms with Gasteiger partial charge in [0.25, 0.3) is 5.91 Å². The van der Waals surface area contributed by atoms with Gasteiger partial charge in [-0.15, -0.1) is 0 Å². The Morgan fingerprint density at radius 2 is 1.84 bits per heavy atom. The van der Waals surface area contributed by atoms with Gasteiger partial charge in [-0.2, -0.15) is 0 Å². The predicted molar refractivity (Wildman–Crippen MR) is 130 cm³/mol. The predicted octanol–water partition coefficient (Wildman–Crippen LogP) is 5.39. The first-order valence-electron chi connectivity index (χ1n) is 11.5. The molecule has 1 fully saturated rings. The number of carbonyl (C=O) groups is 2. The molecule has 0 aliphatic heterocycles. The van der Waals surface area contributed by atoms with Gasteiger partial charge in [-0.3, -0.25) is 9.59 Å². The Morgan fingerprint density at radius 3 is 2.50 bits per heavy atom. The average molecular weight is 501 g/mol. The molecule has 5 nitrogen and oxygen atoms in total. The average Bonchev–Trinajstić information content (AvgIpc) is 2.81. The number of amides is 2. The maximum atomic E-state index is 13.3. The Kier molecular flexibility index (Phi) is 9.15. The molecule has 0 bridgehead atoms. The lowest BCUT2D eigenvalue weighted by Gasteiger charge is -2.32. The number of carbonyl (C=O) groups excluding carboxylic acids is 2. The van der Waals surface area contributed by atoms with E-state index in [1.807, 2.05) is 62.4 Å². The Bertz CT molecular complexity index is 897. The molecule has 1 saturated carbocycles. The first-order valence-corrected chi connectivity index (χ1v) is 12.3. The minimum atomic E-state index is -0.528. The fourth-order valence-corrected chi connectivity index (χ4v) is 4.43. The van der Waals surface area contributed by atoms with Gasteiger partial charge in [0.2, 0.25) is 5.91 Å². The van der Waals surface area contributed by atoms with E-state index < -0.39 is 6.04 Å². The van der Waals surface area contributed by atoms with Crippen LogP contribution in [0.4, 0.5) is 0 Å². The third-order valence-corrected chi connectivity index (χ3v) is 6.91. The van der Waals surface area contributed by atoms with Gasteiger partial charge in [0.05, 0.1) is 0 Å². The van der Waals surface area contributed by atoms with Gasteiger partial charge in [0.1, 0.15) is 11.8 Å². The van der Waals surface area contributed by atoms with Crippen LogP contribution in [0.2, 0.25) is 0 Å². The molecule has 0 radical (unpaired) electrons. The van der Waals surface area contributed by atoms with Crippen LogP contribution in [0, 0.1) is 6.92 Å². The van der Waals surface area contributed by atoms with Gasteiger partial charge in [-0.1, -0.05) is 72.4 Å². The highest BCUT2D eigenvalue weighted by molar-refractivity contribution is 9.10. The van der Waals surface area contributed by atoms with Crippen molar-refractivity contribution in [2.75, 3.05) is 6.61 Å². The van der Waals surface area contributed by atoms with Gasteiger partial charge in [0, 0.05) is 17.1 Å². The van der Waals surface area contributed by atoms with Crippen molar-refractivity contribution in [3.05, 3.63) is 64.1 Å². The Labute approximate surface area is 199 Å². The Morgan fingerprint density at radius 1 is 1.12 bits per heavy atom. The van der Waals surface area contributed by atoms with Crippen LogP contribution >= 0.6 is 15.9 Å². The molecule has 1 aliphatic carbocycles. The van der Waals surface area contributed by atoms with Gasteiger partial charge >= 0.3 is 0 Å². The molecular formula is C26H33BrN2O3. The highest BCUT2D eigenvalue weighted by atomic mass is 79.9. The molecular weight excluding hydrogens is 468 g/mol. The van der Waals surface area contributed by atoms with E-state index in [1.54, 1.807) is 4.90 Å². The first kappa shape index (κ1) is 24.3. The summed E-state index contributed by atoms with van der Waals surface area (Å²) >= 11 is 3.48. The monoisotopic (exact) mass is 500 g/mol. The summed E-state index contributed by atoms with van der Waals surface area (Å²) in [6.07, 6.45) is 6.11. The molecule has 0 aromatic heterocycles. The van der Waals surface area contributed by atoms with Crippen molar-refractivity contribution in [2.24, 2.45) is 0 Å². The van der Waals surface area contributed by atoms with E-state index >= 15 is 0 Å². The number of hydrogen-bond acceptors (Lipinski definition) is 3. The molecule has 172 valence electrons. The number of nitrogens with zero attached hydrogens (tertiary/aromatic N) is 1. The van der Waals surface area contributed by atoms with Crippen LogP contribution in [0.3, 0.4) is 0 Å². The number of halogens is 1. The minimum Gasteiger partial charge on any atom is -0.484 e. The third kappa shape index (κ3) is 6.83. The molecule has 0 heterocycles. The summed E-state index contributed by atoms with van der Waals surface area (Å²) in [6, 6.07) is 15.1. The van der Waals surface area contributed by atoms with Gasteiger partial charge in [0.15, 0.2) is 6.61 Å². The number of benzene rings is 2. The molecule has 32 heavy (non-hydrogen) atoms. The Balaban J connectivity index is 1.73. The second-order valence-corrected chi connectivity index (χ2v) is 9.33. The van der Waals surface area contributed by atoms with Crippen LogP contribution in [0.1, 0.15) is 56.6 Å². The standard InChI is InChI=1S/C26H33BrN2O3/c1-3-24(26(31)28-21-12-8-5-9-13-21)29(17-20-10-6-4-7-11-20)25(30)18-32-22-14-15-23(27)19(2)16-22/h4,6-7,10-11,14-16,21,24H,3,5,8-9,12-13,17-18H2,1-2H3,(H,28,31). The van der Waals surface area contributed by atoms with Crippen molar-refractivity contribution < 1.29 is 14.3 Å². The van der Waals surface area contributed by atoms with Crippen LogP contribution in [0.25, 0.3) is 0 Å². The lowest BCUT2D eigenvalue weighted by Crippen LogP contribution is -2.52. The lowest BCUT2D eigenvalue weighted by molar-refractivity contribution is -0.143. The SMILES string of the molecule is CCC(C(=O)NC1CCCCC1)N(Cc1ccccc1)C(=O)COc1ccc(Br)c(C)c1. The van der Waals surface area contributed by atoms with Crippen LogP contribution in [0.15, 0.2) is 53.0 Å². The van der Waals surface area contributed by atoms with E-state index in [2.05, 4.69) is 21.2 Å². The number of ether oxygens (including phenoxy) is 1. The highest BCUT2D eigenvalue weighted by Crippen LogP contribution is 2.22. The zero-order chi connectivity index (χ0) is 22.9. The smallest absolute Gasteiger partial charge is 0.261 e. The first-order chi connectivity index (χ1) is 15.5. The number of rotatable bonds is 9. The number of aryl methyl sites for hydroxylation is 1. The van der Waals surface area contributed by atoms with Gasteiger partial charge in [-0.25, -0.2) is 0 Å². The van der Waals surface area contributed by atoms with Crippen molar-refractivity contribution in [2.45, 2.75) is 71.0 Å². The maximum absolute atomic E-state index is 13.3. The molecule has 2 aromatic carbocycles. The summed E-state index contributed by atoms with van der Waals surface area (Å²) in [5.74, 6) is 0.377. The fourth-order valence-electron chi connectivity index (χ4n) is 4.18. The van der Waals surface area contributed by atoms with E-state index in [-0.39, 0.29) is 24.5 Å². The third-order valence-electron chi connectivity index (χ3n) is 6.02. The van der Waals surface area contributed by atoms with E-state index in [9.17, 15) is 9.59 Å². The van der Waals surface area contributed by atoms with E-state index in [4.69, 9.17) is 4.74 Å².